The Balaban J connectivity index is 2.28. The number of hydrogen-bond donors (Lipinski definition) is 1. The summed E-state index contributed by atoms with van der Waals surface area (Å²) < 4.78 is 5.62. The molecule has 20 heavy (non-hydrogen) atoms. The van der Waals surface area contributed by atoms with Crippen LogP contribution in [0.1, 0.15) is 30.5 Å². The standard InChI is InChI=1S/C16H17Cl2NO/c1-2-9-20-12-6-3-5-11(10-12)16(19)13-7-4-8-14(17)15(13)18/h3-8,10,16H,2,9,19H2,1H3. The molecular weight excluding hydrogens is 293 g/mol. The Labute approximate surface area is 129 Å². The first-order valence-corrected chi connectivity index (χ1v) is 7.31. The third-order valence-electron chi connectivity index (χ3n) is 3.01. The molecule has 0 saturated heterocycles. The second-order valence-corrected chi connectivity index (χ2v) is 5.33. The van der Waals surface area contributed by atoms with E-state index in [-0.39, 0.29) is 6.04 Å². The van der Waals surface area contributed by atoms with Crippen molar-refractivity contribution in [3.05, 3.63) is 63.6 Å². The highest BCUT2D eigenvalue weighted by Crippen LogP contribution is 2.32. The van der Waals surface area contributed by atoms with Crippen molar-refractivity contribution in [2.24, 2.45) is 5.73 Å². The van der Waals surface area contributed by atoms with Gasteiger partial charge in [0.25, 0.3) is 0 Å². The smallest absolute Gasteiger partial charge is 0.119 e. The van der Waals surface area contributed by atoms with Crippen LogP contribution in [0.4, 0.5) is 0 Å². The number of halogens is 2. The third kappa shape index (κ3) is 3.45. The molecule has 2 aromatic rings. The summed E-state index contributed by atoms with van der Waals surface area (Å²) >= 11 is 12.3. The highest BCUT2D eigenvalue weighted by molar-refractivity contribution is 6.42. The molecule has 0 radical (unpaired) electrons. The molecule has 0 aliphatic heterocycles. The molecule has 1 atom stereocenters. The monoisotopic (exact) mass is 309 g/mol. The van der Waals surface area contributed by atoms with Gasteiger partial charge in [-0.15, -0.1) is 0 Å². The first kappa shape index (κ1) is 15.2. The zero-order valence-corrected chi connectivity index (χ0v) is 12.8. The van der Waals surface area contributed by atoms with E-state index in [2.05, 4.69) is 6.92 Å². The minimum Gasteiger partial charge on any atom is -0.494 e. The van der Waals surface area contributed by atoms with Gasteiger partial charge in [-0.1, -0.05) is 54.4 Å². The molecule has 2 rings (SSSR count). The average Bonchev–Trinajstić information content (AvgIpc) is 2.47. The maximum atomic E-state index is 6.28. The Bertz CT molecular complexity index is 586. The van der Waals surface area contributed by atoms with Gasteiger partial charge in [0.2, 0.25) is 0 Å². The Morgan fingerprint density at radius 1 is 1.15 bits per heavy atom. The van der Waals surface area contributed by atoms with Gasteiger partial charge in [0, 0.05) is 0 Å². The van der Waals surface area contributed by atoms with Crippen LogP contribution < -0.4 is 10.5 Å². The van der Waals surface area contributed by atoms with E-state index >= 15 is 0 Å². The molecule has 4 heteroatoms. The van der Waals surface area contributed by atoms with Crippen LogP contribution in [0.3, 0.4) is 0 Å². The van der Waals surface area contributed by atoms with Crippen molar-refractivity contribution in [1.29, 1.82) is 0 Å². The Morgan fingerprint density at radius 3 is 2.65 bits per heavy atom. The van der Waals surface area contributed by atoms with Crippen molar-refractivity contribution in [3.8, 4) is 5.75 Å². The van der Waals surface area contributed by atoms with Gasteiger partial charge in [0.15, 0.2) is 0 Å². The Morgan fingerprint density at radius 2 is 1.90 bits per heavy atom. The van der Waals surface area contributed by atoms with Crippen LogP contribution in [0, 0.1) is 0 Å². The van der Waals surface area contributed by atoms with E-state index in [1.807, 2.05) is 36.4 Å². The highest BCUT2D eigenvalue weighted by atomic mass is 35.5. The van der Waals surface area contributed by atoms with Gasteiger partial charge in [-0.05, 0) is 35.7 Å². The van der Waals surface area contributed by atoms with Crippen LogP contribution in [-0.2, 0) is 0 Å². The first-order valence-electron chi connectivity index (χ1n) is 6.55. The summed E-state index contributed by atoms with van der Waals surface area (Å²) in [5.41, 5.74) is 8.04. The van der Waals surface area contributed by atoms with E-state index in [1.54, 1.807) is 6.07 Å². The largest absolute Gasteiger partial charge is 0.494 e. The fourth-order valence-electron chi connectivity index (χ4n) is 1.96. The van der Waals surface area contributed by atoms with Gasteiger partial charge in [0.05, 0.1) is 22.7 Å². The first-order chi connectivity index (χ1) is 9.63. The zero-order chi connectivity index (χ0) is 14.5. The predicted molar refractivity (Wildman–Crippen MR) is 84.7 cm³/mol. The molecular formula is C16H17Cl2NO. The molecule has 0 heterocycles. The summed E-state index contributed by atoms with van der Waals surface area (Å²) in [6, 6.07) is 12.9. The Kier molecular flexibility index (Phi) is 5.30. The molecule has 0 saturated carbocycles. The molecule has 0 aliphatic carbocycles. The van der Waals surface area contributed by atoms with Gasteiger partial charge >= 0.3 is 0 Å². The van der Waals surface area contributed by atoms with E-state index in [4.69, 9.17) is 33.7 Å². The molecule has 2 aromatic carbocycles. The molecule has 0 aliphatic rings. The summed E-state index contributed by atoms with van der Waals surface area (Å²) in [5, 5.41) is 1.01. The van der Waals surface area contributed by atoms with E-state index in [0.29, 0.717) is 16.7 Å². The summed E-state index contributed by atoms with van der Waals surface area (Å²) in [6.45, 7) is 2.76. The highest BCUT2D eigenvalue weighted by Gasteiger charge is 2.14. The topological polar surface area (TPSA) is 35.2 Å². The molecule has 1 unspecified atom stereocenters. The maximum Gasteiger partial charge on any atom is 0.119 e. The normalized spacial score (nSPS) is 12.2. The minimum absolute atomic E-state index is 0.327. The lowest BCUT2D eigenvalue weighted by molar-refractivity contribution is 0.317. The van der Waals surface area contributed by atoms with E-state index in [0.717, 1.165) is 23.3 Å². The third-order valence-corrected chi connectivity index (χ3v) is 3.84. The lowest BCUT2D eigenvalue weighted by Crippen LogP contribution is -2.12. The predicted octanol–water partition coefficient (Wildman–Crippen LogP) is 4.83. The lowest BCUT2D eigenvalue weighted by Gasteiger charge is -2.16. The summed E-state index contributed by atoms with van der Waals surface area (Å²) in [4.78, 5) is 0. The van der Waals surface area contributed by atoms with Crippen molar-refractivity contribution in [2.45, 2.75) is 19.4 Å². The molecule has 0 spiro atoms. The number of hydrogen-bond acceptors (Lipinski definition) is 2. The number of rotatable bonds is 5. The number of ether oxygens (including phenoxy) is 1. The van der Waals surface area contributed by atoms with Crippen molar-refractivity contribution in [1.82, 2.24) is 0 Å². The second kappa shape index (κ2) is 6.98. The van der Waals surface area contributed by atoms with Crippen molar-refractivity contribution < 1.29 is 4.74 Å². The van der Waals surface area contributed by atoms with Crippen LogP contribution in [0.5, 0.6) is 5.75 Å². The molecule has 2 nitrogen and oxygen atoms in total. The quantitative estimate of drug-likeness (QED) is 0.858. The van der Waals surface area contributed by atoms with E-state index in [1.165, 1.54) is 0 Å². The molecule has 0 aromatic heterocycles. The zero-order valence-electron chi connectivity index (χ0n) is 11.3. The number of benzene rings is 2. The van der Waals surface area contributed by atoms with Crippen molar-refractivity contribution in [2.75, 3.05) is 6.61 Å². The van der Waals surface area contributed by atoms with Crippen LogP contribution in [0.25, 0.3) is 0 Å². The SMILES string of the molecule is CCCOc1cccc(C(N)c2cccc(Cl)c2Cl)c1. The minimum atomic E-state index is -0.327. The molecule has 0 bridgehead atoms. The average molecular weight is 310 g/mol. The molecule has 106 valence electrons. The summed E-state index contributed by atoms with van der Waals surface area (Å²) in [7, 11) is 0. The van der Waals surface area contributed by atoms with Crippen molar-refractivity contribution in [3.63, 3.8) is 0 Å². The van der Waals surface area contributed by atoms with Gasteiger partial charge < -0.3 is 10.5 Å². The van der Waals surface area contributed by atoms with Crippen LogP contribution in [0.15, 0.2) is 42.5 Å². The summed E-state index contributed by atoms with van der Waals surface area (Å²) in [6.07, 6.45) is 0.969. The van der Waals surface area contributed by atoms with Gasteiger partial charge in [0.1, 0.15) is 5.75 Å². The van der Waals surface area contributed by atoms with Crippen LogP contribution in [0.2, 0.25) is 10.0 Å². The second-order valence-electron chi connectivity index (χ2n) is 4.54. The number of nitrogens with two attached hydrogens (primary N) is 1. The van der Waals surface area contributed by atoms with Gasteiger partial charge in [-0.3, -0.25) is 0 Å². The van der Waals surface area contributed by atoms with Gasteiger partial charge in [-0.2, -0.15) is 0 Å². The summed E-state index contributed by atoms with van der Waals surface area (Å²) in [5.74, 6) is 0.818. The Hall–Kier alpha value is -1.22. The molecule has 0 amide bonds. The van der Waals surface area contributed by atoms with E-state index in [9.17, 15) is 0 Å². The van der Waals surface area contributed by atoms with Gasteiger partial charge in [-0.25, -0.2) is 0 Å². The maximum absolute atomic E-state index is 6.28. The van der Waals surface area contributed by atoms with Crippen LogP contribution in [-0.4, -0.2) is 6.61 Å². The molecule has 0 fully saturated rings. The molecule has 2 N–H and O–H groups in total. The van der Waals surface area contributed by atoms with Crippen molar-refractivity contribution >= 4 is 23.2 Å². The fourth-order valence-corrected chi connectivity index (χ4v) is 2.38. The van der Waals surface area contributed by atoms with Crippen LogP contribution >= 0.6 is 23.2 Å². The van der Waals surface area contributed by atoms with E-state index < -0.39 is 0 Å². The fraction of sp³-hybridized carbons (Fsp3) is 0.250. The lowest BCUT2D eigenvalue weighted by atomic mass is 9.99.